The van der Waals surface area contributed by atoms with Crippen molar-refractivity contribution in [3.63, 3.8) is 0 Å². The standard InChI is InChI=1S/C64H96N6O43/c1-96-6-7-97-63-68-52(65)28-53(69-63)70(64(95)67-28)8-17-2-4-18(5-3-17)54(94)66-27-29(79)55-98-19(9-71)44(27)106-56-37(87)30(80)46(21(11-73)99-56)108-58-39(89)32(82)48(23(13-75)101-58)110-60-41(91)34(84)50(25(15-77)103-60)112-62-43(93)36(86)51(26(16-78)105-62)113-61-42(92)35(85)49(24(14-76)104-61)111-59-40(90)33(83)47(22(12-74)102-59)109-57-38(88)31(81)45(107-55)20(10-72)100-57/h2-5,19-27,29-51,55-62,71-93H,6-16H2,1H3,(H,66,94)(H,67,95)(H2,65,68,69)/t19-,20-,21-,22-,23-,24-,25-,26-,27+,29+,30-,31-,32-,33-,34-,35-,36-,37-,38-,39-,40-,41-,42-,43-,44-,45-,46-,47-,48-,49-,50-,51-,55-,56-,57-,58-,59-,60-,61-,62-/m1/s1. The molecule has 1 aromatic carbocycles. The van der Waals surface area contributed by atoms with Crippen LogP contribution in [-0.4, -0.2) is 462 Å². The number of hydrogen-bond acceptors (Lipinski definition) is 46. The highest BCUT2D eigenvalue weighted by molar-refractivity contribution is 5.94. The van der Waals surface area contributed by atoms with E-state index in [1.165, 1.54) is 35.9 Å². The van der Waals surface area contributed by atoms with E-state index < -0.39 is 310 Å². The average Bonchev–Trinajstić information content (AvgIpc) is 0.862. The molecule has 30 aliphatic rings. The van der Waals surface area contributed by atoms with Crippen molar-refractivity contribution in [1.82, 2.24) is 24.8 Å². The van der Waals surface area contributed by atoms with E-state index >= 15 is 0 Å². The summed E-state index contributed by atoms with van der Waals surface area (Å²) in [4.78, 5) is 38.9. The van der Waals surface area contributed by atoms with Crippen LogP contribution < -0.4 is 21.5 Å². The zero-order valence-corrected chi connectivity index (χ0v) is 59.6. The molecular formula is C64H96N6O43. The first-order chi connectivity index (χ1) is 54.0. The van der Waals surface area contributed by atoms with Crippen LogP contribution in [0.3, 0.4) is 0 Å². The van der Waals surface area contributed by atoms with Gasteiger partial charge < -0.3 is 219 Å². The number of aromatic amines is 1. The number of nitrogens with zero attached hydrogens (tertiary/aromatic N) is 3. The Kier molecular flexibility index (Phi) is 29.0. The quantitative estimate of drug-likeness (QED) is 0.0592. The summed E-state index contributed by atoms with van der Waals surface area (Å²) in [5, 5.41) is 263. The molecule has 30 saturated heterocycles. The Bertz CT molecular complexity index is 3590. The second-order valence-electron chi connectivity index (χ2n) is 28.1. The van der Waals surface area contributed by atoms with Crippen molar-refractivity contribution in [1.29, 1.82) is 0 Å². The fourth-order valence-electron chi connectivity index (χ4n) is 14.7. The molecule has 30 aliphatic heterocycles. The number of nitrogens with two attached hydrogens (primary N) is 1. The van der Waals surface area contributed by atoms with Crippen LogP contribution in [-0.2, 0) is 87.1 Å². The molecular weight excluding hydrogens is 1540 g/mol. The minimum atomic E-state index is -2.36. The average molecular weight is 1640 g/mol. The number of aliphatic hydroxyl groups is 23. The van der Waals surface area contributed by atoms with Gasteiger partial charge in [0, 0.05) is 12.7 Å². The lowest BCUT2D eigenvalue weighted by Crippen LogP contribution is -2.70. The molecule has 33 rings (SSSR count). The summed E-state index contributed by atoms with van der Waals surface area (Å²) >= 11 is 0. The highest BCUT2D eigenvalue weighted by Crippen LogP contribution is 2.40. The van der Waals surface area contributed by atoms with E-state index in [-0.39, 0.29) is 48.3 Å². The first-order valence-corrected chi connectivity index (χ1v) is 35.9. The van der Waals surface area contributed by atoms with Crippen LogP contribution in [0.1, 0.15) is 15.9 Å². The number of benzene rings is 1. The predicted octanol–water partition coefficient (Wildman–Crippen LogP) is -16.9. The number of carbonyl (C=O) groups excluding carboxylic acids is 1. The maximum atomic E-state index is 14.6. The molecule has 3 aromatic rings. The van der Waals surface area contributed by atoms with E-state index in [2.05, 4.69) is 20.3 Å². The molecule has 49 heteroatoms. The number of carbonyl (C=O) groups is 1. The third-order valence-corrected chi connectivity index (χ3v) is 20.9. The number of methoxy groups -OCH3 is 1. The number of nitrogen functional groups attached to an aromatic ring is 1. The highest BCUT2D eigenvalue weighted by atomic mass is 16.8. The lowest BCUT2D eigenvalue weighted by atomic mass is 9.93. The summed E-state index contributed by atoms with van der Waals surface area (Å²) in [6, 6.07) is 3.23. The fourth-order valence-corrected chi connectivity index (χ4v) is 14.7. The maximum Gasteiger partial charge on any atom is 0.328 e. The number of fused-ring (bicyclic) bond motifs is 1. The van der Waals surface area contributed by atoms with E-state index in [9.17, 15) is 127 Å². The number of H-pyrrole nitrogens is 1. The van der Waals surface area contributed by atoms with Gasteiger partial charge >= 0.3 is 11.7 Å². The summed E-state index contributed by atoms with van der Waals surface area (Å²) in [6.07, 6.45) is -82.4. The second-order valence-corrected chi connectivity index (χ2v) is 28.1. The van der Waals surface area contributed by atoms with Crippen LogP contribution in [0.2, 0.25) is 0 Å². The normalized spacial score (nSPS) is 45.7. The van der Waals surface area contributed by atoms with E-state index in [4.69, 9.17) is 91.0 Å². The lowest BCUT2D eigenvalue weighted by Gasteiger charge is -2.51. The molecule has 30 fully saturated rings. The zero-order valence-electron chi connectivity index (χ0n) is 59.6. The largest absolute Gasteiger partial charge is 0.461 e. The number of rotatable bonds is 16. The Morgan fingerprint density at radius 1 is 0.398 bits per heavy atom. The Morgan fingerprint density at radius 2 is 0.673 bits per heavy atom. The van der Waals surface area contributed by atoms with E-state index in [0.29, 0.717) is 5.56 Å². The van der Waals surface area contributed by atoms with Crippen molar-refractivity contribution < 1.29 is 208 Å². The second kappa shape index (κ2) is 37.5. The minimum Gasteiger partial charge on any atom is -0.461 e. The molecule has 0 unspecified atom stereocenters. The first-order valence-electron chi connectivity index (χ1n) is 35.9. The van der Waals surface area contributed by atoms with Gasteiger partial charge in [-0.1, -0.05) is 12.1 Å². The Hall–Kier alpha value is -4.96. The molecule has 40 atom stereocenters. The number of ether oxygens (including phenoxy) is 18. The van der Waals surface area contributed by atoms with Crippen LogP contribution in [0.15, 0.2) is 29.1 Å². The predicted molar refractivity (Wildman–Crippen MR) is 352 cm³/mol. The van der Waals surface area contributed by atoms with Gasteiger partial charge in [-0.3, -0.25) is 9.36 Å². The van der Waals surface area contributed by atoms with E-state index in [1.807, 2.05) is 0 Å². The summed E-state index contributed by atoms with van der Waals surface area (Å²) in [6.45, 7) is -9.04. The van der Waals surface area contributed by atoms with Crippen LogP contribution >= 0.6 is 0 Å². The minimum absolute atomic E-state index is 0.0330. The van der Waals surface area contributed by atoms with Crippen molar-refractivity contribution in [3.05, 3.63) is 45.9 Å². The number of hydrogen-bond donors (Lipinski definition) is 26. The Morgan fingerprint density at radius 3 is 0.956 bits per heavy atom. The van der Waals surface area contributed by atoms with Gasteiger partial charge in [-0.05, 0) is 17.7 Å². The van der Waals surface area contributed by atoms with E-state index in [0.717, 1.165) is 0 Å². The smallest absolute Gasteiger partial charge is 0.328 e. The highest BCUT2D eigenvalue weighted by Gasteiger charge is 2.61. The van der Waals surface area contributed by atoms with Gasteiger partial charge in [-0.25, -0.2) is 4.79 Å². The molecule has 0 saturated carbocycles. The number of anilines is 1. The molecule has 640 valence electrons. The molecule has 113 heavy (non-hydrogen) atoms. The van der Waals surface area contributed by atoms with Crippen molar-refractivity contribution in [2.24, 2.45) is 0 Å². The van der Waals surface area contributed by atoms with Crippen LogP contribution in [0.5, 0.6) is 6.01 Å². The number of nitrogens with one attached hydrogen (secondary N) is 2. The van der Waals surface area contributed by atoms with Gasteiger partial charge in [0.05, 0.1) is 72.0 Å². The van der Waals surface area contributed by atoms with Gasteiger partial charge in [0.25, 0.3) is 5.91 Å². The summed E-state index contributed by atoms with van der Waals surface area (Å²) in [5.74, 6) is -1.17. The monoisotopic (exact) mass is 1640 g/mol. The van der Waals surface area contributed by atoms with Gasteiger partial charge in [0.15, 0.2) is 61.8 Å². The maximum absolute atomic E-state index is 14.6. The van der Waals surface area contributed by atoms with E-state index in [1.54, 1.807) is 0 Å². The van der Waals surface area contributed by atoms with Gasteiger partial charge in [-0.2, -0.15) is 9.97 Å². The molecule has 32 heterocycles. The summed E-state index contributed by atoms with van der Waals surface area (Å²) in [7, 11) is 1.44. The molecule has 16 bridgehead atoms. The fraction of sp³-hybridized carbons (Fsp3) is 0.812. The first kappa shape index (κ1) is 87.4. The zero-order chi connectivity index (χ0) is 81.5. The van der Waals surface area contributed by atoms with Gasteiger partial charge in [0.2, 0.25) is 0 Å². The SMILES string of the molecule is COCCOc1nc(N)c2[nH]c(=O)n(Cc3ccc(C(=O)N[C@H]4[C@H](O)[C@H]5O[C@H]6[C@H](O)[C@@H](O)[C@@H](O[C@H]7[C@H](O)[C@@H](O)[C@@H](O[C@H]8[C@H](O)[C@@H](O)[C@@H](O[C@H]9[C@H](O)[C@@H](O)[C@@H](O[C@H]%10[C@H](O)[C@@H](O)[C@@H](O[C@H]%11[C@H](O)[C@@H](O)[C@@H](O[C@H]%12[C@H](O)[C@@H](O)[C@@H](O[C@@H]4[C@@H](CO)O5)O[C@@H]%12CO)O[C@@H]%11CO)O[C@@H]%10CO)O[C@@H]9CO)O[C@@H]8CO)O[C@@H]7CO)O[C@@H]6CO)cc3)c2n1. The Labute approximate surface area is 636 Å². The van der Waals surface area contributed by atoms with Crippen LogP contribution in [0, 0.1) is 0 Å². The third-order valence-electron chi connectivity index (χ3n) is 20.9. The third kappa shape index (κ3) is 17.7. The van der Waals surface area contributed by atoms with Crippen molar-refractivity contribution >= 4 is 22.9 Å². The topological polar surface area (TPSA) is 750 Å². The molecule has 0 spiro atoms. The van der Waals surface area contributed by atoms with Crippen molar-refractivity contribution in [3.8, 4) is 6.01 Å². The molecule has 2 aromatic heterocycles. The van der Waals surface area contributed by atoms with Crippen LogP contribution in [0.25, 0.3) is 11.2 Å². The molecule has 0 radical (unpaired) electrons. The van der Waals surface area contributed by atoms with Gasteiger partial charge in [0.1, 0.15) is 201 Å². The lowest BCUT2D eigenvalue weighted by molar-refractivity contribution is -0.402. The van der Waals surface area contributed by atoms with Gasteiger partial charge in [-0.15, -0.1) is 0 Å². The van der Waals surface area contributed by atoms with Crippen LogP contribution in [0.4, 0.5) is 5.82 Å². The molecule has 1 amide bonds. The number of amides is 1. The van der Waals surface area contributed by atoms with Crippen molar-refractivity contribution in [2.45, 2.75) is 252 Å². The molecule has 49 nitrogen and oxygen atoms in total. The number of aromatic nitrogens is 4. The molecule has 27 N–H and O–H groups in total. The number of imidazole rings is 1. The summed E-state index contributed by atoms with van der Waals surface area (Å²) in [5.41, 5.74) is 5.78. The van der Waals surface area contributed by atoms with Crippen molar-refractivity contribution in [2.75, 3.05) is 78.9 Å². The number of aliphatic hydroxyl groups excluding tert-OH is 23. The Balaban J connectivity index is 0.832. The summed E-state index contributed by atoms with van der Waals surface area (Å²) < 4.78 is 105. The molecule has 0 aliphatic carbocycles.